The molecule has 1 aliphatic rings. The Morgan fingerprint density at radius 3 is 3.05 bits per heavy atom. The molecule has 7 nitrogen and oxygen atoms in total. The minimum atomic E-state index is 0.414. The third-order valence-corrected chi connectivity index (χ3v) is 4.62. The molecule has 2 aromatic rings. The summed E-state index contributed by atoms with van der Waals surface area (Å²) in [6, 6.07) is 0. The third-order valence-electron chi connectivity index (χ3n) is 3.67. The van der Waals surface area contributed by atoms with Gasteiger partial charge in [-0.15, -0.1) is 15.3 Å². The fourth-order valence-corrected chi connectivity index (χ4v) is 3.42. The molecule has 2 aromatic heterocycles. The van der Waals surface area contributed by atoms with Crippen molar-refractivity contribution in [3.8, 4) is 0 Å². The van der Waals surface area contributed by atoms with Gasteiger partial charge in [0.25, 0.3) is 0 Å². The molecule has 0 bridgehead atoms. The maximum absolute atomic E-state index is 5.39. The molecule has 0 spiro atoms. The van der Waals surface area contributed by atoms with Gasteiger partial charge in [-0.25, -0.2) is 0 Å². The predicted molar refractivity (Wildman–Crippen MR) is 79.4 cm³/mol. The van der Waals surface area contributed by atoms with Crippen LogP contribution in [-0.2, 0) is 17.8 Å². The minimum absolute atomic E-state index is 0.414. The molecular formula is C13H20N6OS. The number of hydrogen-bond donors (Lipinski definition) is 0. The number of thioether (sulfide) groups is 1. The van der Waals surface area contributed by atoms with E-state index in [4.69, 9.17) is 4.74 Å². The van der Waals surface area contributed by atoms with E-state index in [9.17, 15) is 0 Å². The van der Waals surface area contributed by atoms with Crippen LogP contribution in [0.25, 0.3) is 0 Å². The van der Waals surface area contributed by atoms with Crippen LogP contribution < -0.4 is 0 Å². The normalized spacial score (nSPS) is 18.5. The van der Waals surface area contributed by atoms with E-state index in [-0.39, 0.29) is 0 Å². The SMILES string of the molecule is CCn1c(C)nnc1SCCn1cc(C2CCOC2)nn1. The second-order valence-corrected chi connectivity index (χ2v) is 6.15. The highest BCUT2D eigenvalue weighted by Gasteiger charge is 2.20. The minimum Gasteiger partial charge on any atom is -0.381 e. The van der Waals surface area contributed by atoms with Gasteiger partial charge in [-0.05, 0) is 20.3 Å². The first-order chi connectivity index (χ1) is 10.3. The number of aromatic nitrogens is 6. The van der Waals surface area contributed by atoms with E-state index in [0.717, 1.165) is 55.2 Å². The van der Waals surface area contributed by atoms with Gasteiger partial charge >= 0.3 is 0 Å². The fraction of sp³-hybridized carbons (Fsp3) is 0.692. The lowest BCUT2D eigenvalue weighted by Crippen LogP contribution is -2.04. The largest absolute Gasteiger partial charge is 0.381 e. The molecule has 0 aromatic carbocycles. The van der Waals surface area contributed by atoms with Crippen molar-refractivity contribution in [3.63, 3.8) is 0 Å². The number of ether oxygens (including phenoxy) is 1. The molecule has 1 aliphatic heterocycles. The Kier molecular flexibility index (Phi) is 4.54. The standard InChI is InChI=1S/C13H20N6OS/c1-3-19-10(2)14-16-13(19)21-7-5-18-8-12(15-17-18)11-4-6-20-9-11/h8,11H,3-7,9H2,1-2H3. The Balaban J connectivity index is 1.53. The van der Waals surface area contributed by atoms with Crippen molar-refractivity contribution in [1.82, 2.24) is 29.8 Å². The molecular weight excluding hydrogens is 288 g/mol. The van der Waals surface area contributed by atoms with Gasteiger partial charge < -0.3 is 9.30 Å². The van der Waals surface area contributed by atoms with Crippen LogP contribution in [0.4, 0.5) is 0 Å². The first-order valence-corrected chi connectivity index (χ1v) is 8.27. The second kappa shape index (κ2) is 6.57. The lowest BCUT2D eigenvalue weighted by molar-refractivity contribution is 0.193. The number of nitrogens with zero attached hydrogens (tertiary/aromatic N) is 6. The third kappa shape index (κ3) is 3.26. The summed E-state index contributed by atoms with van der Waals surface area (Å²) in [6.45, 7) is 7.41. The van der Waals surface area contributed by atoms with Gasteiger partial charge in [0.15, 0.2) is 5.16 Å². The average Bonchev–Trinajstić information content (AvgIpc) is 3.19. The molecule has 21 heavy (non-hydrogen) atoms. The number of aryl methyl sites for hydroxylation is 2. The van der Waals surface area contributed by atoms with Gasteiger partial charge in [0.1, 0.15) is 5.82 Å². The molecule has 0 N–H and O–H groups in total. The second-order valence-electron chi connectivity index (χ2n) is 5.09. The van der Waals surface area contributed by atoms with Crippen LogP contribution in [0.1, 0.15) is 30.8 Å². The van der Waals surface area contributed by atoms with Gasteiger partial charge in [-0.3, -0.25) is 4.68 Å². The van der Waals surface area contributed by atoms with Gasteiger partial charge in [0.2, 0.25) is 0 Å². The Hall–Kier alpha value is -1.41. The van der Waals surface area contributed by atoms with Crippen molar-refractivity contribution < 1.29 is 4.74 Å². The Bertz CT molecular complexity index is 589. The summed E-state index contributed by atoms with van der Waals surface area (Å²) >= 11 is 1.70. The summed E-state index contributed by atoms with van der Waals surface area (Å²) in [6.07, 6.45) is 3.09. The predicted octanol–water partition coefficient (Wildman–Crippen LogP) is 1.49. The molecule has 0 aliphatic carbocycles. The molecule has 1 unspecified atom stereocenters. The molecule has 3 rings (SSSR count). The van der Waals surface area contributed by atoms with Crippen molar-refractivity contribution in [3.05, 3.63) is 17.7 Å². The molecule has 1 atom stereocenters. The Labute approximate surface area is 128 Å². The summed E-state index contributed by atoms with van der Waals surface area (Å²) in [5, 5.41) is 17.7. The summed E-state index contributed by atoms with van der Waals surface area (Å²) in [5.41, 5.74) is 1.05. The smallest absolute Gasteiger partial charge is 0.191 e. The van der Waals surface area contributed by atoms with Crippen LogP contribution in [0.5, 0.6) is 0 Å². The Morgan fingerprint density at radius 1 is 1.38 bits per heavy atom. The highest BCUT2D eigenvalue weighted by Crippen LogP contribution is 2.23. The van der Waals surface area contributed by atoms with Crippen molar-refractivity contribution in [2.75, 3.05) is 19.0 Å². The quantitative estimate of drug-likeness (QED) is 0.753. The zero-order valence-electron chi connectivity index (χ0n) is 12.4. The summed E-state index contributed by atoms with van der Waals surface area (Å²) in [4.78, 5) is 0. The molecule has 1 saturated heterocycles. The first kappa shape index (κ1) is 14.5. The molecule has 8 heteroatoms. The highest BCUT2D eigenvalue weighted by atomic mass is 32.2. The average molecular weight is 308 g/mol. The Morgan fingerprint density at radius 2 is 2.29 bits per heavy atom. The van der Waals surface area contributed by atoms with Gasteiger partial charge in [-0.1, -0.05) is 17.0 Å². The van der Waals surface area contributed by atoms with Crippen LogP contribution in [0.15, 0.2) is 11.4 Å². The molecule has 114 valence electrons. The lowest BCUT2D eigenvalue weighted by atomic mass is 10.1. The van der Waals surface area contributed by atoms with Crippen molar-refractivity contribution in [2.45, 2.75) is 44.4 Å². The summed E-state index contributed by atoms with van der Waals surface area (Å²) < 4.78 is 9.41. The maximum atomic E-state index is 5.39. The number of rotatable bonds is 6. The van der Waals surface area contributed by atoms with Crippen molar-refractivity contribution >= 4 is 11.8 Å². The van der Waals surface area contributed by atoms with E-state index < -0.39 is 0 Å². The van der Waals surface area contributed by atoms with E-state index in [1.165, 1.54) is 0 Å². The summed E-state index contributed by atoms with van der Waals surface area (Å²) in [7, 11) is 0. The van der Waals surface area contributed by atoms with Crippen LogP contribution in [-0.4, -0.2) is 48.7 Å². The van der Waals surface area contributed by atoms with E-state index in [1.807, 2.05) is 17.8 Å². The van der Waals surface area contributed by atoms with E-state index in [0.29, 0.717) is 5.92 Å². The highest BCUT2D eigenvalue weighted by molar-refractivity contribution is 7.99. The molecule has 0 saturated carbocycles. The molecule has 0 radical (unpaired) electrons. The fourth-order valence-electron chi connectivity index (χ4n) is 2.44. The van der Waals surface area contributed by atoms with Crippen LogP contribution >= 0.6 is 11.8 Å². The van der Waals surface area contributed by atoms with Gasteiger partial charge in [0, 0.05) is 31.0 Å². The molecule has 3 heterocycles. The van der Waals surface area contributed by atoms with Crippen LogP contribution in [0, 0.1) is 6.92 Å². The molecule has 1 fully saturated rings. The van der Waals surface area contributed by atoms with Crippen molar-refractivity contribution in [1.29, 1.82) is 0 Å². The van der Waals surface area contributed by atoms with E-state index in [1.54, 1.807) is 11.8 Å². The van der Waals surface area contributed by atoms with Crippen molar-refractivity contribution in [2.24, 2.45) is 0 Å². The topological polar surface area (TPSA) is 70.7 Å². The maximum Gasteiger partial charge on any atom is 0.191 e. The zero-order valence-corrected chi connectivity index (χ0v) is 13.2. The number of hydrogen-bond acceptors (Lipinski definition) is 6. The van der Waals surface area contributed by atoms with Gasteiger partial charge in [-0.2, -0.15) is 0 Å². The van der Waals surface area contributed by atoms with Crippen LogP contribution in [0.2, 0.25) is 0 Å². The summed E-state index contributed by atoms with van der Waals surface area (Å²) in [5.74, 6) is 2.28. The lowest BCUT2D eigenvalue weighted by Gasteiger charge is -2.04. The monoisotopic (exact) mass is 308 g/mol. The van der Waals surface area contributed by atoms with Gasteiger partial charge in [0.05, 0.1) is 18.8 Å². The first-order valence-electron chi connectivity index (χ1n) is 7.28. The van der Waals surface area contributed by atoms with E-state index in [2.05, 4.69) is 32.0 Å². The van der Waals surface area contributed by atoms with Crippen LogP contribution in [0.3, 0.4) is 0 Å². The van der Waals surface area contributed by atoms with E-state index >= 15 is 0 Å². The zero-order chi connectivity index (χ0) is 14.7. The molecule has 0 amide bonds.